The fraction of sp³-hybridized carbons (Fsp3) is 0.133. The second kappa shape index (κ2) is 5.38. The Labute approximate surface area is 120 Å². The Morgan fingerprint density at radius 3 is 2.75 bits per heavy atom. The van der Waals surface area contributed by atoms with Crippen LogP contribution in [0.5, 0.6) is 0 Å². The molecule has 0 aliphatic carbocycles. The number of aryl methyl sites for hydroxylation is 1. The minimum absolute atomic E-state index is 0.0865. The molecule has 3 aromatic rings. The smallest absolute Gasteiger partial charge is 0.168 e. The van der Waals surface area contributed by atoms with Gasteiger partial charge in [0.25, 0.3) is 0 Å². The van der Waals surface area contributed by atoms with Crippen molar-refractivity contribution in [2.75, 3.05) is 0 Å². The highest BCUT2D eigenvalue weighted by molar-refractivity contribution is 7.13. The summed E-state index contributed by atoms with van der Waals surface area (Å²) in [4.78, 5) is 16.6. The van der Waals surface area contributed by atoms with Crippen molar-refractivity contribution in [3.8, 4) is 10.7 Å². The van der Waals surface area contributed by atoms with Gasteiger partial charge in [-0.15, -0.1) is 11.3 Å². The minimum atomic E-state index is 0.0865. The normalized spacial score (nSPS) is 10.7. The van der Waals surface area contributed by atoms with Gasteiger partial charge in [-0.3, -0.25) is 9.48 Å². The average molecular weight is 283 g/mol. The van der Waals surface area contributed by atoms with Crippen molar-refractivity contribution in [1.82, 2.24) is 14.8 Å². The van der Waals surface area contributed by atoms with Gasteiger partial charge < -0.3 is 0 Å². The van der Waals surface area contributed by atoms with Crippen molar-refractivity contribution >= 4 is 17.1 Å². The number of ketones is 1. The predicted molar refractivity (Wildman–Crippen MR) is 78.8 cm³/mol. The Morgan fingerprint density at radius 2 is 2.05 bits per heavy atom. The van der Waals surface area contributed by atoms with Crippen molar-refractivity contribution in [3.63, 3.8) is 0 Å². The van der Waals surface area contributed by atoms with Gasteiger partial charge in [0.15, 0.2) is 5.78 Å². The molecule has 0 unspecified atom stereocenters. The molecular weight excluding hydrogens is 270 g/mol. The van der Waals surface area contributed by atoms with Crippen LogP contribution in [0.1, 0.15) is 16.1 Å². The van der Waals surface area contributed by atoms with E-state index in [-0.39, 0.29) is 5.78 Å². The van der Waals surface area contributed by atoms with Gasteiger partial charge in [0.2, 0.25) is 0 Å². The third-order valence-electron chi connectivity index (χ3n) is 2.92. The second-order valence-corrected chi connectivity index (χ2v) is 5.34. The van der Waals surface area contributed by atoms with Crippen LogP contribution in [-0.2, 0) is 13.5 Å². The summed E-state index contributed by atoms with van der Waals surface area (Å²) >= 11 is 1.51. The van der Waals surface area contributed by atoms with Crippen molar-refractivity contribution in [1.29, 1.82) is 0 Å². The van der Waals surface area contributed by atoms with Crippen molar-refractivity contribution in [3.05, 3.63) is 59.2 Å². The lowest BCUT2D eigenvalue weighted by Crippen LogP contribution is -2.03. The molecule has 0 radical (unpaired) electrons. The molecule has 0 aliphatic heterocycles. The lowest BCUT2D eigenvalue weighted by molar-refractivity contribution is 0.0992. The number of rotatable bonds is 4. The van der Waals surface area contributed by atoms with E-state index in [4.69, 9.17) is 0 Å². The summed E-state index contributed by atoms with van der Waals surface area (Å²) in [5.74, 6) is 0.0865. The van der Waals surface area contributed by atoms with E-state index in [2.05, 4.69) is 10.1 Å². The summed E-state index contributed by atoms with van der Waals surface area (Å²) in [5.41, 5.74) is 2.36. The number of thiazole rings is 1. The maximum Gasteiger partial charge on any atom is 0.168 e. The molecule has 0 N–H and O–H groups in total. The summed E-state index contributed by atoms with van der Waals surface area (Å²) in [5, 5.41) is 7.08. The predicted octanol–water partition coefficient (Wildman–Crippen LogP) is 2.97. The van der Waals surface area contributed by atoms with Gasteiger partial charge in [-0.25, -0.2) is 4.98 Å². The molecule has 2 heterocycles. The standard InChI is InChI=1S/C15H13N3OS/c1-18-8-7-13(17-18)15-16-12(10-20-15)9-14(19)11-5-3-2-4-6-11/h2-8,10H,9H2,1H3. The molecule has 0 spiro atoms. The number of benzene rings is 1. The molecule has 0 aliphatic rings. The van der Waals surface area contributed by atoms with Crippen LogP contribution < -0.4 is 0 Å². The van der Waals surface area contributed by atoms with Gasteiger partial charge in [-0.05, 0) is 6.07 Å². The summed E-state index contributed by atoms with van der Waals surface area (Å²) < 4.78 is 1.74. The van der Waals surface area contributed by atoms with E-state index in [1.807, 2.05) is 55.0 Å². The molecule has 0 fully saturated rings. The van der Waals surface area contributed by atoms with Crippen LogP contribution in [0.4, 0.5) is 0 Å². The van der Waals surface area contributed by atoms with Crippen LogP contribution in [0.15, 0.2) is 48.0 Å². The van der Waals surface area contributed by atoms with Crippen molar-refractivity contribution in [2.45, 2.75) is 6.42 Å². The highest BCUT2D eigenvalue weighted by atomic mass is 32.1. The number of hydrogen-bond acceptors (Lipinski definition) is 4. The van der Waals surface area contributed by atoms with Crippen LogP contribution in [-0.4, -0.2) is 20.5 Å². The van der Waals surface area contributed by atoms with Crippen molar-refractivity contribution < 1.29 is 4.79 Å². The molecule has 0 saturated heterocycles. The van der Waals surface area contributed by atoms with Crippen LogP contribution in [0.2, 0.25) is 0 Å². The van der Waals surface area contributed by atoms with Crippen LogP contribution in [0.25, 0.3) is 10.7 Å². The Hall–Kier alpha value is -2.27. The Kier molecular flexibility index (Phi) is 3.43. The third kappa shape index (κ3) is 2.67. The SMILES string of the molecule is Cn1ccc(-c2nc(CC(=O)c3ccccc3)cs2)n1. The number of carbonyl (C=O) groups excluding carboxylic acids is 1. The topological polar surface area (TPSA) is 47.8 Å². The van der Waals surface area contributed by atoms with Gasteiger partial charge >= 0.3 is 0 Å². The zero-order valence-corrected chi connectivity index (χ0v) is 11.8. The van der Waals surface area contributed by atoms with E-state index in [0.717, 1.165) is 22.0 Å². The number of carbonyl (C=O) groups is 1. The molecule has 2 aromatic heterocycles. The van der Waals surface area contributed by atoms with Gasteiger partial charge in [0.05, 0.1) is 12.1 Å². The second-order valence-electron chi connectivity index (χ2n) is 4.48. The fourth-order valence-electron chi connectivity index (χ4n) is 1.93. The lowest BCUT2D eigenvalue weighted by Gasteiger charge is -1.97. The number of aromatic nitrogens is 3. The number of Topliss-reactive ketones (excluding diaryl/α,β-unsaturated/α-hetero) is 1. The molecule has 5 heteroatoms. The van der Waals surface area contributed by atoms with Gasteiger partial charge in [0.1, 0.15) is 10.7 Å². The van der Waals surface area contributed by atoms with E-state index in [1.165, 1.54) is 11.3 Å². The first-order chi connectivity index (χ1) is 9.72. The highest BCUT2D eigenvalue weighted by Crippen LogP contribution is 2.22. The van der Waals surface area contributed by atoms with E-state index in [0.29, 0.717) is 6.42 Å². The number of nitrogens with zero attached hydrogens (tertiary/aromatic N) is 3. The maximum absolute atomic E-state index is 12.1. The molecule has 20 heavy (non-hydrogen) atoms. The van der Waals surface area contributed by atoms with Crippen molar-refractivity contribution in [2.24, 2.45) is 7.05 Å². The van der Waals surface area contributed by atoms with E-state index in [1.54, 1.807) is 4.68 Å². The summed E-state index contributed by atoms with van der Waals surface area (Å²) in [6, 6.07) is 11.2. The van der Waals surface area contributed by atoms with E-state index < -0.39 is 0 Å². The first-order valence-corrected chi connectivity index (χ1v) is 7.13. The zero-order chi connectivity index (χ0) is 13.9. The summed E-state index contributed by atoms with van der Waals surface area (Å²) in [6.07, 6.45) is 2.21. The Balaban J connectivity index is 1.76. The van der Waals surface area contributed by atoms with Crippen LogP contribution in [0.3, 0.4) is 0 Å². The first-order valence-electron chi connectivity index (χ1n) is 6.25. The molecule has 4 nitrogen and oxygen atoms in total. The molecule has 0 saturated carbocycles. The molecule has 100 valence electrons. The zero-order valence-electron chi connectivity index (χ0n) is 11.0. The third-order valence-corrected chi connectivity index (χ3v) is 3.84. The average Bonchev–Trinajstić information content (AvgIpc) is 3.09. The molecule has 3 rings (SSSR count). The van der Waals surface area contributed by atoms with Crippen LogP contribution >= 0.6 is 11.3 Å². The Bertz CT molecular complexity index is 730. The minimum Gasteiger partial charge on any atom is -0.294 e. The molecule has 0 atom stereocenters. The summed E-state index contributed by atoms with van der Waals surface area (Å²) in [6.45, 7) is 0. The van der Waals surface area contributed by atoms with E-state index >= 15 is 0 Å². The fourth-order valence-corrected chi connectivity index (χ4v) is 2.71. The molecular formula is C15H13N3OS. The summed E-state index contributed by atoms with van der Waals surface area (Å²) in [7, 11) is 1.87. The molecule has 1 aromatic carbocycles. The van der Waals surface area contributed by atoms with Gasteiger partial charge in [-0.2, -0.15) is 5.10 Å². The maximum atomic E-state index is 12.1. The van der Waals surface area contributed by atoms with Gasteiger partial charge in [0, 0.05) is 24.2 Å². The first kappa shape index (κ1) is 12.7. The van der Waals surface area contributed by atoms with Crippen LogP contribution in [0, 0.1) is 0 Å². The van der Waals surface area contributed by atoms with Gasteiger partial charge in [-0.1, -0.05) is 30.3 Å². The monoisotopic (exact) mass is 283 g/mol. The highest BCUT2D eigenvalue weighted by Gasteiger charge is 2.11. The Morgan fingerprint density at radius 1 is 1.25 bits per heavy atom. The quantitative estimate of drug-likeness (QED) is 0.692. The largest absolute Gasteiger partial charge is 0.294 e. The molecule has 0 amide bonds. The molecule has 0 bridgehead atoms. The number of hydrogen-bond donors (Lipinski definition) is 0. The van der Waals surface area contributed by atoms with E-state index in [9.17, 15) is 4.79 Å². The lowest BCUT2D eigenvalue weighted by atomic mass is 10.1.